The lowest BCUT2D eigenvalue weighted by molar-refractivity contribution is -0.154. The van der Waals surface area contributed by atoms with Gasteiger partial charge in [0.2, 0.25) is 10.0 Å². The van der Waals surface area contributed by atoms with Crippen LogP contribution in [0.2, 0.25) is 5.02 Å². The van der Waals surface area contributed by atoms with E-state index >= 15 is 0 Å². The minimum atomic E-state index is -3.91. The normalized spacial score (nSPS) is 12.9. The minimum Gasteiger partial charge on any atom is -0.454 e. The molecule has 0 fully saturated rings. The monoisotopic (exact) mass is 404 g/mol. The molecular formula is C17H25ClN2O5S. The van der Waals surface area contributed by atoms with Crippen molar-refractivity contribution < 1.29 is 22.7 Å². The predicted octanol–water partition coefficient (Wildman–Crippen LogP) is 2.20. The Balaban J connectivity index is 2.67. The molecule has 1 rings (SSSR count). The van der Waals surface area contributed by atoms with Gasteiger partial charge in [-0.05, 0) is 58.9 Å². The Morgan fingerprint density at radius 1 is 1.08 bits per heavy atom. The van der Waals surface area contributed by atoms with Crippen LogP contribution in [0.1, 0.15) is 34.6 Å². The van der Waals surface area contributed by atoms with Crippen LogP contribution in [0.3, 0.4) is 0 Å². The van der Waals surface area contributed by atoms with Gasteiger partial charge in [-0.25, -0.2) is 8.42 Å². The molecule has 0 saturated carbocycles. The van der Waals surface area contributed by atoms with Gasteiger partial charge in [-0.2, -0.15) is 4.72 Å². The lowest BCUT2D eigenvalue weighted by Gasteiger charge is -2.30. The number of nitrogens with zero attached hydrogens (tertiary/aromatic N) is 1. The van der Waals surface area contributed by atoms with E-state index in [9.17, 15) is 18.0 Å². The molecule has 1 atom stereocenters. The molecule has 0 heterocycles. The van der Waals surface area contributed by atoms with E-state index < -0.39 is 28.6 Å². The first-order chi connectivity index (χ1) is 12.0. The first-order valence-corrected chi connectivity index (χ1v) is 10.1. The SMILES string of the molecule is CC(C)N(C(=O)COC(=O)[C@H](C)NS(=O)(=O)c1ccc(Cl)cc1)C(C)C. The standard InChI is InChI=1S/C17H25ClN2O5S/c1-11(2)20(12(3)4)16(21)10-25-17(22)13(5)19-26(23,24)15-8-6-14(18)7-9-15/h6-9,11-13,19H,10H2,1-5H3/t13-/m0/s1. The average molecular weight is 405 g/mol. The van der Waals surface area contributed by atoms with Crippen molar-refractivity contribution in [2.75, 3.05) is 6.61 Å². The molecule has 0 radical (unpaired) electrons. The van der Waals surface area contributed by atoms with Crippen molar-refractivity contribution in [3.05, 3.63) is 29.3 Å². The number of benzene rings is 1. The molecule has 1 aromatic carbocycles. The summed E-state index contributed by atoms with van der Waals surface area (Å²) in [7, 11) is -3.91. The summed E-state index contributed by atoms with van der Waals surface area (Å²) in [6, 6.07) is 4.30. The second-order valence-corrected chi connectivity index (χ2v) is 8.54. The number of carbonyl (C=O) groups excluding carboxylic acids is 2. The Labute approximate surface area is 159 Å². The fourth-order valence-corrected chi connectivity index (χ4v) is 3.79. The van der Waals surface area contributed by atoms with E-state index in [0.29, 0.717) is 5.02 Å². The summed E-state index contributed by atoms with van der Waals surface area (Å²) in [6.45, 7) is 8.36. The molecule has 1 N–H and O–H groups in total. The number of hydrogen-bond donors (Lipinski definition) is 1. The van der Waals surface area contributed by atoms with Gasteiger partial charge in [0.05, 0.1) is 4.90 Å². The van der Waals surface area contributed by atoms with Crippen molar-refractivity contribution in [1.29, 1.82) is 0 Å². The molecule has 26 heavy (non-hydrogen) atoms. The summed E-state index contributed by atoms with van der Waals surface area (Å²) < 4.78 is 31.7. The molecule has 0 saturated heterocycles. The van der Waals surface area contributed by atoms with E-state index in [2.05, 4.69) is 4.72 Å². The first-order valence-electron chi connectivity index (χ1n) is 8.21. The van der Waals surface area contributed by atoms with E-state index in [1.54, 1.807) is 4.90 Å². The zero-order valence-electron chi connectivity index (χ0n) is 15.5. The zero-order chi connectivity index (χ0) is 20.1. The molecule has 0 unspecified atom stereocenters. The highest BCUT2D eigenvalue weighted by molar-refractivity contribution is 7.89. The summed E-state index contributed by atoms with van der Waals surface area (Å²) in [4.78, 5) is 25.8. The number of amides is 1. The molecule has 0 aliphatic carbocycles. The maximum Gasteiger partial charge on any atom is 0.324 e. The van der Waals surface area contributed by atoms with Gasteiger partial charge in [0.1, 0.15) is 6.04 Å². The Bertz CT molecular complexity index is 724. The molecule has 9 heteroatoms. The number of ether oxygens (including phenoxy) is 1. The number of hydrogen-bond acceptors (Lipinski definition) is 5. The van der Waals surface area contributed by atoms with Gasteiger partial charge in [0, 0.05) is 17.1 Å². The van der Waals surface area contributed by atoms with Crippen LogP contribution in [0.25, 0.3) is 0 Å². The van der Waals surface area contributed by atoms with Gasteiger partial charge in [0.25, 0.3) is 5.91 Å². The smallest absolute Gasteiger partial charge is 0.324 e. The van der Waals surface area contributed by atoms with Crippen molar-refractivity contribution in [2.24, 2.45) is 0 Å². The average Bonchev–Trinajstić information content (AvgIpc) is 2.51. The van der Waals surface area contributed by atoms with Gasteiger partial charge < -0.3 is 9.64 Å². The molecule has 0 aliphatic rings. The lowest BCUT2D eigenvalue weighted by atomic mass is 10.2. The van der Waals surface area contributed by atoms with Gasteiger partial charge in [-0.1, -0.05) is 11.6 Å². The van der Waals surface area contributed by atoms with Crippen LogP contribution in [0.15, 0.2) is 29.2 Å². The third-order valence-electron chi connectivity index (χ3n) is 3.55. The Morgan fingerprint density at radius 2 is 1.58 bits per heavy atom. The zero-order valence-corrected chi connectivity index (χ0v) is 17.1. The maximum atomic E-state index is 12.2. The summed E-state index contributed by atoms with van der Waals surface area (Å²) in [5.41, 5.74) is 0. The Kier molecular flexibility index (Phi) is 8.05. The predicted molar refractivity (Wildman–Crippen MR) is 99.3 cm³/mol. The largest absolute Gasteiger partial charge is 0.454 e. The van der Waals surface area contributed by atoms with E-state index in [4.69, 9.17) is 16.3 Å². The molecule has 0 aliphatic heterocycles. The van der Waals surface area contributed by atoms with Crippen LogP contribution >= 0.6 is 11.6 Å². The molecule has 7 nitrogen and oxygen atoms in total. The number of halogens is 1. The second-order valence-electron chi connectivity index (χ2n) is 6.39. The Hall–Kier alpha value is -1.64. The van der Waals surface area contributed by atoms with Crippen LogP contribution in [-0.4, -0.2) is 49.9 Å². The molecular weight excluding hydrogens is 380 g/mol. The van der Waals surface area contributed by atoms with E-state index in [-0.39, 0.29) is 22.9 Å². The van der Waals surface area contributed by atoms with Crippen LogP contribution in [0.5, 0.6) is 0 Å². The van der Waals surface area contributed by atoms with Crippen molar-refractivity contribution in [3.63, 3.8) is 0 Å². The van der Waals surface area contributed by atoms with E-state index in [0.717, 1.165) is 0 Å². The summed E-state index contributed by atoms with van der Waals surface area (Å²) >= 11 is 5.73. The van der Waals surface area contributed by atoms with Crippen LogP contribution < -0.4 is 4.72 Å². The lowest BCUT2D eigenvalue weighted by Crippen LogP contribution is -2.45. The van der Waals surface area contributed by atoms with Gasteiger partial charge in [-0.15, -0.1) is 0 Å². The van der Waals surface area contributed by atoms with Crippen LogP contribution in [0.4, 0.5) is 0 Å². The highest BCUT2D eigenvalue weighted by Gasteiger charge is 2.26. The third-order valence-corrected chi connectivity index (χ3v) is 5.36. The molecule has 0 bridgehead atoms. The van der Waals surface area contributed by atoms with Crippen molar-refractivity contribution in [1.82, 2.24) is 9.62 Å². The number of carbonyl (C=O) groups is 2. The van der Waals surface area contributed by atoms with Crippen molar-refractivity contribution >= 4 is 33.5 Å². The molecule has 0 aromatic heterocycles. The highest BCUT2D eigenvalue weighted by Crippen LogP contribution is 2.14. The molecule has 1 aromatic rings. The topological polar surface area (TPSA) is 92.8 Å². The van der Waals surface area contributed by atoms with Crippen LogP contribution in [-0.2, 0) is 24.3 Å². The van der Waals surface area contributed by atoms with Crippen LogP contribution in [0, 0.1) is 0 Å². The fourth-order valence-electron chi connectivity index (χ4n) is 2.47. The van der Waals surface area contributed by atoms with Gasteiger partial charge in [0.15, 0.2) is 6.61 Å². The number of nitrogens with one attached hydrogen (secondary N) is 1. The van der Waals surface area contributed by atoms with Crippen molar-refractivity contribution in [3.8, 4) is 0 Å². The number of esters is 1. The van der Waals surface area contributed by atoms with E-state index in [1.807, 2.05) is 27.7 Å². The Morgan fingerprint density at radius 3 is 2.04 bits per heavy atom. The third kappa shape index (κ3) is 6.26. The maximum absolute atomic E-state index is 12.2. The van der Waals surface area contributed by atoms with Crippen molar-refractivity contribution in [2.45, 2.75) is 57.6 Å². The summed E-state index contributed by atoms with van der Waals surface area (Å²) in [5.74, 6) is -1.17. The molecule has 1 amide bonds. The number of sulfonamides is 1. The summed E-state index contributed by atoms with van der Waals surface area (Å²) in [6.07, 6.45) is 0. The van der Waals surface area contributed by atoms with E-state index in [1.165, 1.54) is 31.2 Å². The summed E-state index contributed by atoms with van der Waals surface area (Å²) in [5, 5.41) is 0.398. The highest BCUT2D eigenvalue weighted by atomic mass is 35.5. The molecule has 146 valence electrons. The van der Waals surface area contributed by atoms with Gasteiger partial charge >= 0.3 is 5.97 Å². The first kappa shape index (κ1) is 22.4. The fraction of sp³-hybridized carbons (Fsp3) is 0.529. The van der Waals surface area contributed by atoms with Gasteiger partial charge in [-0.3, -0.25) is 9.59 Å². The quantitative estimate of drug-likeness (QED) is 0.670. The number of rotatable bonds is 8. The molecule has 0 spiro atoms. The minimum absolute atomic E-state index is 0.0246. The second kappa shape index (κ2) is 9.34.